The molecule has 12 heavy (non-hydrogen) atoms. The Balaban J connectivity index is 2.86. The van der Waals surface area contributed by atoms with E-state index in [1.807, 2.05) is 26.8 Å². The van der Waals surface area contributed by atoms with Crippen molar-refractivity contribution in [2.75, 3.05) is 6.61 Å². The molecule has 66 valence electrons. The predicted octanol–water partition coefficient (Wildman–Crippen LogP) is 2.22. The maximum Gasteiger partial charge on any atom is 0.223 e. The molecule has 0 aliphatic heterocycles. The normalized spacial score (nSPS) is 20.9. The Morgan fingerprint density at radius 1 is 1.58 bits per heavy atom. The average Bonchev–Trinajstić information content (AvgIpc) is 2.32. The molecule has 0 heterocycles. The molecule has 1 rings (SSSR count). The van der Waals surface area contributed by atoms with Gasteiger partial charge in [-0.3, -0.25) is 4.79 Å². The van der Waals surface area contributed by atoms with Crippen LogP contribution in [0, 0.1) is 0 Å². The van der Waals surface area contributed by atoms with Crippen molar-refractivity contribution in [3.05, 3.63) is 23.0 Å². The van der Waals surface area contributed by atoms with Gasteiger partial charge in [0.05, 0.1) is 6.61 Å². The Labute approximate surface area is 72.9 Å². The summed E-state index contributed by atoms with van der Waals surface area (Å²) >= 11 is 0. The molecule has 2 nitrogen and oxygen atoms in total. The lowest BCUT2D eigenvalue weighted by Crippen LogP contribution is -2.03. The van der Waals surface area contributed by atoms with Gasteiger partial charge in [-0.1, -0.05) is 6.08 Å². The number of hydrogen-bond acceptors (Lipinski definition) is 2. The van der Waals surface area contributed by atoms with Crippen LogP contribution >= 0.6 is 0 Å². The third-order valence-electron chi connectivity index (χ3n) is 1.98. The van der Waals surface area contributed by atoms with Crippen LogP contribution in [-0.2, 0) is 9.53 Å². The van der Waals surface area contributed by atoms with Crippen molar-refractivity contribution in [1.29, 1.82) is 0 Å². The Morgan fingerprint density at radius 3 is 2.67 bits per heavy atom. The van der Waals surface area contributed by atoms with Gasteiger partial charge in [0, 0.05) is 12.0 Å². The Hall–Kier alpha value is -1.05. The molecule has 0 saturated heterocycles. The first-order chi connectivity index (χ1) is 5.70. The first-order valence-corrected chi connectivity index (χ1v) is 4.23. The summed E-state index contributed by atoms with van der Waals surface area (Å²) in [5, 5.41) is 0. The van der Waals surface area contributed by atoms with Gasteiger partial charge >= 0.3 is 0 Å². The van der Waals surface area contributed by atoms with Gasteiger partial charge in [-0.25, -0.2) is 0 Å². The van der Waals surface area contributed by atoms with E-state index in [-0.39, 0.29) is 5.78 Å². The third-order valence-corrected chi connectivity index (χ3v) is 1.98. The zero-order valence-corrected chi connectivity index (χ0v) is 7.81. The topological polar surface area (TPSA) is 26.3 Å². The highest BCUT2D eigenvalue weighted by molar-refractivity contribution is 6.10. The quantitative estimate of drug-likeness (QED) is 0.588. The number of rotatable bonds is 2. The van der Waals surface area contributed by atoms with Gasteiger partial charge in [0.2, 0.25) is 5.78 Å². The zero-order chi connectivity index (χ0) is 9.14. The van der Waals surface area contributed by atoms with E-state index in [0.717, 1.165) is 17.6 Å². The predicted molar refractivity (Wildman–Crippen MR) is 47.7 cm³/mol. The Morgan fingerprint density at radius 2 is 2.25 bits per heavy atom. The van der Waals surface area contributed by atoms with Crippen molar-refractivity contribution in [3.63, 3.8) is 0 Å². The zero-order valence-electron chi connectivity index (χ0n) is 7.81. The van der Waals surface area contributed by atoms with Gasteiger partial charge in [-0.15, -0.1) is 0 Å². The second kappa shape index (κ2) is 3.57. The number of carbonyl (C=O) groups excluding carboxylic acids is 1. The molecule has 0 amide bonds. The standard InChI is InChI=1S/C10H14O2/c1-4-8-6-7(3)10(9(8)11)12-5-2/h4H,5-6H2,1-3H3/b8-4+. The van der Waals surface area contributed by atoms with E-state index in [9.17, 15) is 4.79 Å². The van der Waals surface area contributed by atoms with E-state index >= 15 is 0 Å². The summed E-state index contributed by atoms with van der Waals surface area (Å²) in [6.45, 7) is 6.28. The Bertz CT molecular complexity index is 259. The minimum Gasteiger partial charge on any atom is -0.490 e. The van der Waals surface area contributed by atoms with E-state index in [2.05, 4.69) is 0 Å². The molecule has 0 bridgehead atoms. The van der Waals surface area contributed by atoms with Gasteiger partial charge in [0.1, 0.15) is 0 Å². The van der Waals surface area contributed by atoms with Crippen molar-refractivity contribution < 1.29 is 9.53 Å². The molecular weight excluding hydrogens is 152 g/mol. The molecule has 0 spiro atoms. The fraction of sp³-hybridized carbons (Fsp3) is 0.500. The highest BCUT2D eigenvalue weighted by Crippen LogP contribution is 2.27. The monoisotopic (exact) mass is 166 g/mol. The second-order valence-corrected chi connectivity index (χ2v) is 2.86. The van der Waals surface area contributed by atoms with Crippen LogP contribution < -0.4 is 0 Å². The number of carbonyl (C=O) groups is 1. The number of allylic oxidation sites excluding steroid dienone is 3. The van der Waals surface area contributed by atoms with Crippen LogP contribution in [0.25, 0.3) is 0 Å². The average molecular weight is 166 g/mol. The molecule has 1 aliphatic rings. The lowest BCUT2D eigenvalue weighted by atomic mass is 10.2. The minimum absolute atomic E-state index is 0.0665. The molecule has 0 unspecified atom stereocenters. The molecule has 2 heteroatoms. The first-order valence-electron chi connectivity index (χ1n) is 4.23. The van der Waals surface area contributed by atoms with Crippen molar-refractivity contribution in [2.45, 2.75) is 27.2 Å². The van der Waals surface area contributed by atoms with E-state index in [1.54, 1.807) is 0 Å². The second-order valence-electron chi connectivity index (χ2n) is 2.86. The third kappa shape index (κ3) is 1.42. The van der Waals surface area contributed by atoms with Crippen LogP contribution in [0.15, 0.2) is 23.0 Å². The lowest BCUT2D eigenvalue weighted by Gasteiger charge is -2.02. The summed E-state index contributed by atoms with van der Waals surface area (Å²) in [7, 11) is 0. The molecule has 1 aliphatic carbocycles. The molecule has 0 radical (unpaired) electrons. The molecule has 0 N–H and O–H groups in total. The van der Waals surface area contributed by atoms with Crippen molar-refractivity contribution in [1.82, 2.24) is 0 Å². The summed E-state index contributed by atoms with van der Waals surface area (Å²) in [5.74, 6) is 0.627. The van der Waals surface area contributed by atoms with Gasteiger partial charge < -0.3 is 4.74 Å². The van der Waals surface area contributed by atoms with E-state index in [4.69, 9.17) is 4.74 Å². The maximum absolute atomic E-state index is 11.5. The highest BCUT2D eigenvalue weighted by atomic mass is 16.5. The van der Waals surface area contributed by atoms with Gasteiger partial charge in [-0.2, -0.15) is 0 Å². The molecule has 0 saturated carbocycles. The summed E-state index contributed by atoms with van der Waals surface area (Å²) in [4.78, 5) is 11.5. The number of Topliss-reactive ketones (excluding diaryl/α,β-unsaturated/α-hetero) is 1. The number of hydrogen-bond donors (Lipinski definition) is 0. The number of ether oxygens (including phenoxy) is 1. The fourth-order valence-electron chi connectivity index (χ4n) is 1.35. The maximum atomic E-state index is 11.5. The van der Waals surface area contributed by atoms with Crippen LogP contribution in [0.4, 0.5) is 0 Å². The molecule has 0 aromatic carbocycles. The van der Waals surface area contributed by atoms with Crippen molar-refractivity contribution in [2.24, 2.45) is 0 Å². The minimum atomic E-state index is 0.0665. The smallest absolute Gasteiger partial charge is 0.223 e. The lowest BCUT2D eigenvalue weighted by molar-refractivity contribution is -0.114. The van der Waals surface area contributed by atoms with E-state index < -0.39 is 0 Å². The van der Waals surface area contributed by atoms with Gasteiger partial charge in [0.25, 0.3) is 0 Å². The molecule has 0 aromatic heterocycles. The Kier molecular flexibility index (Phi) is 2.69. The summed E-state index contributed by atoms with van der Waals surface area (Å²) < 4.78 is 5.25. The van der Waals surface area contributed by atoms with Gasteiger partial charge in [-0.05, 0) is 26.3 Å². The highest BCUT2D eigenvalue weighted by Gasteiger charge is 2.25. The summed E-state index contributed by atoms with van der Waals surface area (Å²) in [6, 6.07) is 0. The van der Waals surface area contributed by atoms with Crippen LogP contribution in [0.1, 0.15) is 27.2 Å². The molecule has 0 aromatic rings. The van der Waals surface area contributed by atoms with Crippen LogP contribution in [-0.4, -0.2) is 12.4 Å². The van der Waals surface area contributed by atoms with E-state index in [0.29, 0.717) is 12.4 Å². The molecule has 0 fully saturated rings. The van der Waals surface area contributed by atoms with Crippen LogP contribution in [0.5, 0.6) is 0 Å². The van der Waals surface area contributed by atoms with Crippen molar-refractivity contribution in [3.8, 4) is 0 Å². The SMILES string of the molecule is C/C=C1\CC(C)=C(OCC)C1=O. The van der Waals surface area contributed by atoms with Crippen LogP contribution in [0.3, 0.4) is 0 Å². The fourth-order valence-corrected chi connectivity index (χ4v) is 1.35. The molecular formula is C10H14O2. The summed E-state index contributed by atoms with van der Waals surface area (Å²) in [5.41, 5.74) is 1.91. The van der Waals surface area contributed by atoms with Crippen LogP contribution in [0.2, 0.25) is 0 Å². The largest absolute Gasteiger partial charge is 0.490 e. The van der Waals surface area contributed by atoms with Gasteiger partial charge in [0.15, 0.2) is 5.76 Å². The molecule has 0 atom stereocenters. The van der Waals surface area contributed by atoms with E-state index in [1.165, 1.54) is 0 Å². The van der Waals surface area contributed by atoms with Crippen molar-refractivity contribution >= 4 is 5.78 Å². The first kappa shape index (κ1) is 9.04. The number of ketones is 1. The summed E-state index contributed by atoms with van der Waals surface area (Å²) in [6.07, 6.45) is 2.61.